The fourth-order valence-corrected chi connectivity index (χ4v) is 3.03. The summed E-state index contributed by atoms with van der Waals surface area (Å²) in [6.07, 6.45) is -0.776. The zero-order valence-corrected chi connectivity index (χ0v) is 15.7. The lowest BCUT2D eigenvalue weighted by Gasteiger charge is -2.34. The minimum Gasteiger partial charge on any atom is -0.383 e. The van der Waals surface area contributed by atoms with Gasteiger partial charge in [0.2, 0.25) is 11.8 Å². The SMILES string of the molecule is CC(C)[C@H](O)C(=O)N(C(=O)[C@H](C)N)[C@@H]1C(=O)N(C)CCc2ccccc21. The number of nitrogens with two attached hydrogens (primary N) is 1. The van der Waals surface area contributed by atoms with Crippen molar-refractivity contribution in [2.24, 2.45) is 11.7 Å². The first-order valence-corrected chi connectivity index (χ1v) is 8.80. The van der Waals surface area contributed by atoms with Crippen molar-refractivity contribution in [1.82, 2.24) is 9.80 Å². The second-order valence-electron chi connectivity index (χ2n) is 7.14. The number of aliphatic hydroxyl groups is 1. The zero-order valence-electron chi connectivity index (χ0n) is 15.7. The summed E-state index contributed by atoms with van der Waals surface area (Å²) in [6, 6.07) is 5.14. The Bertz CT molecular complexity index is 702. The second kappa shape index (κ2) is 7.97. The smallest absolute Gasteiger partial charge is 0.259 e. The number of rotatable bonds is 4. The van der Waals surface area contributed by atoms with E-state index in [-0.39, 0.29) is 5.91 Å². The third kappa shape index (κ3) is 3.78. The molecule has 0 fully saturated rings. The van der Waals surface area contributed by atoms with E-state index in [4.69, 9.17) is 5.73 Å². The molecule has 1 aliphatic rings. The average molecular weight is 361 g/mol. The number of hydrogen-bond acceptors (Lipinski definition) is 5. The van der Waals surface area contributed by atoms with E-state index in [1.54, 1.807) is 33.0 Å². The Balaban J connectivity index is 2.62. The highest BCUT2D eigenvalue weighted by molar-refractivity contribution is 6.04. The number of fused-ring (bicyclic) bond motifs is 1. The maximum absolute atomic E-state index is 13.0. The predicted molar refractivity (Wildman–Crippen MR) is 96.9 cm³/mol. The largest absolute Gasteiger partial charge is 0.383 e. The molecule has 0 unspecified atom stereocenters. The molecule has 1 aromatic rings. The van der Waals surface area contributed by atoms with Gasteiger partial charge in [-0.25, -0.2) is 0 Å². The van der Waals surface area contributed by atoms with E-state index in [9.17, 15) is 19.5 Å². The van der Waals surface area contributed by atoms with Crippen LogP contribution < -0.4 is 5.73 Å². The van der Waals surface area contributed by atoms with E-state index in [1.807, 2.05) is 12.1 Å². The molecule has 1 aromatic carbocycles. The van der Waals surface area contributed by atoms with Crippen LogP contribution >= 0.6 is 0 Å². The minimum absolute atomic E-state index is 0.367. The first-order valence-electron chi connectivity index (χ1n) is 8.80. The van der Waals surface area contributed by atoms with Gasteiger partial charge in [0.1, 0.15) is 12.1 Å². The van der Waals surface area contributed by atoms with Gasteiger partial charge in [0.15, 0.2) is 0 Å². The molecular formula is C19H27N3O4. The second-order valence-corrected chi connectivity index (χ2v) is 7.14. The van der Waals surface area contributed by atoms with Crippen molar-refractivity contribution < 1.29 is 19.5 Å². The highest BCUT2D eigenvalue weighted by Gasteiger charge is 2.43. The fourth-order valence-electron chi connectivity index (χ4n) is 3.03. The Labute approximate surface area is 153 Å². The van der Waals surface area contributed by atoms with Gasteiger partial charge in [0.25, 0.3) is 5.91 Å². The van der Waals surface area contributed by atoms with Crippen LogP contribution in [-0.4, -0.2) is 58.4 Å². The van der Waals surface area contributed by atoms with Crippen molar-refractivity contribution in [2.45, 2.75) is 45.4 Å². The summed E-state index contributed by atoms with van der Waals surface area (Å²) in [5, 5.41) is 10.3. The molecule has 0 radical (unpaired) electrons. The van der Waals surface area contributed by atoms with Gasteiger partial charge in [-0.05, 0) is 30.4 Å². The first kappa shape index (κ1) is 20.1. The van der Waals surface area contributed by atoms with E-state index in [0.29, 0.717) is 18.5 Å². The van der Waals surface area contributed by atoms with Crippen LogP contribution in [-0.2, 0) is 20.8 Å². The molecule has 0 bridgehead atoms. The highest BCUT2D eigenvalue weighted by atomic mass is 16.3. The lowest BCUT2D eigenvalue weighted by molar-refractivity contribution is -0.161. The van der Waals surface area contributed by atoms with Crippen molar-refractivity contribution in [3.63, 3.8) is 0 Å². The molecule has 3 N–H and O–H groups in total. The van der Waals surface area contributed by atoms with Gasteiger partial charge < -0.3 is 15.7 Å². The number of nitrogens with zero attached hydrogens (tertiary/aromatic N) is 2. The van der Waals surface area contributed by atoms with Crippen molar-refractivity contribution in [1.29, 1.82) is 0 Å². The normalized spacial score (nSPS) is 19.6. The highest BCUT2D eigenvalue weighted by Crippen LogP contribution is 2.31. The van der Waals surface area contributed by atoms with E-state index < -0.39 is 35.9 Å². The number of aliphatic hydroxyl groups excluding tert-OH is 1. The summed E-state index contributed by atoms with van der Waals surface area (Å²) in [6.45, 7) is 5.28. The number of hydrogen-bond donors (Lipinski definition) is 2. The molecule has 3 amide bonds. The van der Waals surface area contributed by atoms with Crippen molar-refractivity contribution in [3.8, 4) is 0 Å². The van der Waals surface area contributed by atoms with Crippen molar-refractivity contribution in [3.05, 3.63) is 35.4 Å². The number of imide groups is 1. The van der Waals surface area contributed by atoms with Crippen molar-refractivity contribution >= 4 is 17.7 Å². The predicted octanol–water partition coefficient (Wildman–Crippen LogP) is 0.462. The van der Waals surface area contributed by atoms with Gasteiger partial charge in [-0.1, -0.05) is 38.1 Å². The topological polar surface area (TPSA) is 104 Å². The van der Waals surface area contributed by atoms with Crippen molar-refractivity contribution in [2.75, 3.05) is 13.6 Å². The maximum Gasteiger partial charge on any atom is 0.259 e. The summed E-state index contributed by atoms with van der Waals surface area (Å²) in [5.41, 5.74) is 7.24. The third-order valence-corrected chi connectivity index (χ3v) is 4.68. The van der Waals surface area contributed by atoms with Crippen LogP contribution in [0.25, 0.3) is 0 Å². The van der Waals surface area contributed by atoms with Crippen LogP contribution in [0.1, 0.15) is 37.9 Å². The molecule has 0 aliphatic carbocycles. The molecule has 0 spiro atoms. The zero-order chi connectivity index (χ0) is 19.6. The van der Waals surface area contributed by atoms with Gasteiger partial charge >= 0.3 is 0 Å². The molecule has 26 heavy (non-hydrogen) atoms. The summed E-state index contributed by atoms with van der Waals surface area (Å²) >= 11 is 0. The van der Waals surface area contributed by atoms with Gasteiger partial charge in [-0.3, -0.25) is 19.3 Å². The maximum atomic E-state index is 13.0. The number of amides is 3. The standard InChI is InChI=1S/C19H27N3O4/c1-11(2)16(23)19(26)22(17(24)12(3)20)15-14-8-6-5-7-13(14)9-10-21(4)18(15)25/h5-8,11-12,15-16,23H,9-10,20H2,1-4H3/t12-,15-,16-/m0/s1. The molecule has 2 rings (SSSR count). The van der Waals surface area contributed by atoms with E-state index in [2.05, 4.69) is 0 Å². The number of benzene rings is 1. The summed E-state index contributed by atoms with van der Waals surface area (Å²) in [4.78, 5) is 41.1. The first-order chi connectivity index (χ1) is 12.2. The van der Waals surface area contributed by atoms with Gasteiger partial charge in [0.05, 0.1) is 6.04 Å². The van der Waals surface area contributed by atoms with Gasteiger partial charge in [-0.15, -0.1) is 0 Å². The minimum atomic E-state index is -1.40. The Hall–Kier alpha value is -2.25. The molecule has 0 saturated carbocycles. The molecule has 3 atom stereocenters. The molecule has 0 saturated heterocycles. The molecule has 0 aromatic heterocycles. The summed E-state index contributed by atoms with van der Waals surface area (Å²) in [5.74, 6) is -2.25. The van der Waals surface area contributed by atoms with E-state index in [1.165, 1.54) is 11.8 Å². The van der Waals surface area contributed by atoms with Crippen LogP contribution in [0.3, 0.4) is 0 Å². The van der Waals surface area contributed by atoms with E-state index in [0.717, 1.165) is 10.5 Å². The lowest BCUT2D eigenvalue weighted by Crippen LogP contribution is -2.54. The Morgan fingerprint density at radius 3 is 2.42 bits per heavy atom. The molecule has 142 valence electrons. The van der Waals surface area contributed by atoms with Crippen LogP contribution in [0, 0.1) is 5.92 Å². The van der Waals surface area contributed by atoms with E-state index >= 15 is 0 Å². The Morgan fingerprint density at radius 1 is 1.23 bits per heavy atom. The summed E-state index contributed by atoms with van der Waals surface area (Å²) in [7, 11) is 1.64. The molecular weight excluding hydrogens is 334 g/mol. The molecule has 7 nitrogen and oxygen atoms in total. The quantitative estimate of drug-likeness (QED) is 0.811. The number of carbonyl (C=O) groups excluding carboxylic acids is 3. The molecule has 1 heterocycles. The van der Waals surface area contributed by atoms with Crippen LogP contribution in [0.4, 0.5) is 0 Å². The molecule has 7 heteroatoms. The average Bonchev–Trinajstić information content (AvgIpc) is 2.73. The third-order valence-electron chi connectivity index (χ3n) is 4.68. The van der Waals surface area contributed by atoms with Crippen LogP contribution in [0.2, 0.25) is 0 Å². The fraction of sp³-hybridized carbons (Fsp3) is 0.526. The summed E-state index contributed by atoms with van der Waals surface area (Å²) < 4.78 is 0. The number of likely N-dealkylation sites (N-methyl/N-ethyl adjacent to an activating group) is 1. The van der Waals surface area contributed by atoms with Crippen LogP contribution in [0.5, 0.6) is 0 Å². The lowest BCUT2D eigenvalue weighted by atomic mass is 9.96. The van der Waals surface area contributed by atoms with Gasteiger partial charge in [0, 0.05) is 13.6 Å². The number of carbonyl (C=O) groups is 3. The van der Waals surface area contributed by atoms with Crippen LogP contribution in [0.15, 0.2) is 24.3 Å². The molecule has 1 aliphatic heterocycles. The Morgan fingerprint density at radius 2 is 1.85 bits per heavy atom. The monoisotopic (exact) mass is 361 g/mol. The van der Waals surface area contributed by atoms with Gasteiger partial charge in [-0.2, -0.15) is 0 Å². The Kier molecular flexibility index (Phi) is 6.15.